The van der Waals surface area contributed by atoms with Gasteiger partial charge in [0.05, 0.1) is 5.75 Å². The number of carbonyl (C=O) groups excluding carboxylic acids is 2. The highest BCUT2D eigenvalue weighted by atomic mass is 32.2. The molecule has 0 fully saturated rings. The number of thioether (sulfide) groups is 1. The average Bonchev–Trinajstić information content (AvgIpc) is 2.48. The normalized spacial score (nSPS) is 11.5. The number of nitrogens with zero attached hydrogens (tertiary/aromatic N) is 2. The second-order valence-corrected chi connectivity index (χ2v) is 7.94. The Hall–Kier alpha value is -1.60. The van der Waals surface area contributed by atoms with E-state index in [1.807, 2.05) is 19.0 Å². The van der Waals surface area contributed by atoms with Gasteiger partial charge in [-0.2, -0.15) is 0 Å². The van der Waals surface area contributed by atoms with Crippen molar-refractivity contribution in [2.75, 3.05) is 39.5 Å². The van der Waals surface area contributed by atoms with Crippen LogP contribution in [-0.4, -0.2) is 66.8 Å². The van der Waals surface area contributed by atoms with Gasteiger partial charge < -0.3 is 14.5 Å². The first-order valence-corrected chi connectivity index (χ1v) is 9.09. The summed E-state index contributed by atoms with van der Waals surface area (Å²) in [5.41, 5.74) is -0.602. The van der Waals surface area contributed by atoms with E-state index in [0.29, 0.717) is 18.0 Å². The Kier molecular flexibility index (Phi) is 8.38. The lowest BCUT2D eigenvalue weighted by Gasteiger charge is -2.26. The van der Waals surface area contributed by atoms with Gasteiger partial charge in [-0.3, -0.25) is 9.59 Å². The van der Waals surface area contributed by atoms with Crippen molar-refractivity contribution in [1.82, 2.24) is 9.80 Å². The Morgan fingerprint density at radius 2 is 1.80 bits per heavy atom. The predicted molar refractivity (Wildman–Crippen MR) is 98.1 cm³/mol. The zero-order chi connectivity index (χ0) is 19.0. The molecule has 0 saturated carbocycles. The summed E-state index contributed by atoms with van der Waals surface area (Å²) in [6, 6.07) is 6.32. The van der Waals surface area contributed by atoms with Crippen molar-refractivity contribution < 1.29 is 18.7 Å². The van der Waals surface area contributed by atoms with Crippen molar-refractivity contribution in [3.05, 3.63) is 30.1 Å². The zero-order valence-corrected chi connectivity index (χ0v) is 16.4. The van der Waals surface area contributed by atoms with Gasteiger partial charge in [0, 0.05) is 18.0 Å². The number of ether oxygens (including phenoxy) is 1. The molecular formula is C18H27FN2O3S. The van der Waals surface area contributed by atoms with Crippen molar-refractivity contribution in [2.24, 2.45) is 0 Å². The van der Waals surface area contributed by atoms with Gasteiger partial charge in [0.25, 0.3) is 0 Å². The van der Waals surface area contributed by atoms with Crippen LogP contribution in [0.25, 0.3) is 0 Å². The first-order valence-electron chi connectivity index (χ1n) is 8.10. The third-order valence-electron chi connectivity index (χ3n) is 3.10. The Bertz CT molecular complexity index is 588. The minimum absolute atomic E-state index is 0.0666. The largest absolute Gasteiger partial charge is 0.459 e. The summed E-state index contributed by atoms with van der Waals surface area (Å²) in [6.45, 7) is 6.27. The lowest BCUT2D eigenvalue weighted by Crippen LogP contribution is -2.42. The van der Waals surface area contributed by atoms with Crippen LogP contribution in [0.3, 0.4) is 0 Å². The van der Waals surface area contributed by atoms with E-state index in [0.717, 1.165) is 11.8 Å². The van der Waals surface area contributed by atoms with Gasteiger partial charge in [0.15, 0.2) is 0 Å². The SMILES string of the molecule is CN(C)CCN(CC(=O)OC(C)(C)C)C(=O)CSc1ccccc1F. The van der Waals surface area contributed by atoms with E-state index in [1.54, 1.807) is 39.0 Å². The molecular weight excluding hydrogens is 343 g/mol. The smallest absolute Gasteiger partial charge is 0.326 e. The van der Waals surface area contributed by atoms with E-state index < -0.39 is 11.6 Å². The van der Waals surface area contributed by atoms with Crippen molar-refractivity contribution in [2.45, 2.75) is 31.3 Å². The molecule has 0 saturated heterocycles. The molecule has 0 unspecified atom stereocenters. The molecule has 0 bridgehead atoms. The Morgan fingerprint density at radius 3 is 2.36 bits per heavy atom. The number of esters is 1. The minimum Gasteiger partial charge on any atom is -0.459 e. The summed E-state index contributed by atoms with van der Waals surface area (Å²) in [5, 5.41) is 0. The monoisotopic (exact) mass is 370 g/mol. The van der Waals surface area contributed by atoms with Gasteiger partial charge in [-0.05, 0) is 47.0 Å². The van der Waals surface area contributed by atoms with Crippen LogP contribution in [0.1, 0.15) is 20.8 Å². The third kappa shape index (κ3) is 8.88. The van der Waals surface area contributed by atoms with Gasteiger partial charge in [-0.15, -0.1) is 11.8 Å². The molecule has 1 aromatic rings. The average molecular weight is 370 g/mol. The van der Waals surface area contributed by atoms with Crippen LogP contribution in [0.4, 0.5) is 4.39 Å². The zero-order valence-electron chi connectivity index (χ0n) is 15.5. The number of rotatable bonds is 8. The molecule has 7 heteroatoms. The first kappa shape index (κ1) is 21.4. The topological polar surface area (TPSA) is 49.9 Å². The van der Waals surface area contributed by atoms with Crippen LogP contribution in [-0.2, 0) is 14.3 Å². The Labute approximate surface area is 153 Å². The maximum atomic E-state index is 13.7. The molecule has 0 spiro atoms. The quantitative estimate of drug-likeness (QED) is 0.520. The number of likely N-dealkylation sites (N-methyl/N-ethyl adjacent to an activating group) is 1. The maximum Gasteiger partial charge on any atom is 0.326 e. The molecule has 0 N–H and O–H groups in total. The summed E-state index contributed by atoms with van der Waals surface area (Å²) < 4.78 is 19.0. The number of hydrogen-bond acceptors (Lipinski definition) is 5. The fourth-order valence-electron chi connectivity index (χ4n) is 1.93. The second kappa shape index (κ2) is 9.77. The van der Waals surface area contributed by atoms with Crippen molar-refractivity contribution in [3.63, 3.8) is 0 Å². The molecule has 0 atom stereocenters. The molecule has 0 aromatic heterocycles. The Balaban J connectivity index is 2.68. The first-order chi connectivity index (χ1) is 11.6. The number of carbonyl (C=O) groups is 2. The van der Waals surface area contributed by atoms with Crippen molar-refractivity contribution in [1.29, 1.82) is 0 Å². The second-order valence-electron chi connectivity index (χ2n) is 6.92. The minimum atomic E-state index is -0.602. The van der Waals surface area contributed by atoms with Crippen LogP contribution in [0.5, 0.6) is 0 Å². The fraction of sp³-hybridized carbons (Fsp3) is 0.556. The molecule has 0 aliphatic carbocycles. The highest BCUT2D eigenvalue weighted by Crippen LogP contribution is 2.21. The number of amides is 1. The highest BCUT2D eigenvalue weighted by molar-refractivity contribution is 8.00. The van der Waals surface area contributed by atoms with Crippen LogP contribution in [0, 0.1) is 5.82 Å². The number of hydrogen-bond donors (Lipinski definition) is 0. The Morgan fingerprint density at radius 1 is 1.16 bits per heavy atom. The van der Waals surface area contributed by atoms with Crippen molar-refractivity contribution >= 4 is 23.6 Å². The molecule has 25 heavy (non-hydrogen) atoms. The van der Waals surface area contributed by atoms with Crippen LogP contribution >= 0.6 is 11.8 Å². The molecule has 0 heterocycles. The lowest BCUT2D eigenvalue weighted by atomic mass is 10.2. The van der Waals surface area contributed by atoms with Gasteiger partial charge in [-0.25, -0.2) is 4.39 Å². The van der Waals surface area contributed by atoms with Gasteiger partial charge >= 0.3 is 5.97 Å². The number of halogens is 1. The third-order valence-corrected chi connectivity index (χ3v) is 4.13. The summed E-state index contributed by atoms with van der Waals surface area (Å²) >= 11 is 1.13. The lowest BCUT2D eigenvalue weighted by molar-refractivity contribution is -0.158. The van der Waals surface area contributed by atoms with Crippen LogP contribution in [0.15, 0.2) is 29.2 Å². The molecule has 1 aromatic carbocycles. The predicted octanol–water partition coefficient (Wildman–Crippen LogP) is 2.65. The molecule has 1 amide bonds. The van der Waals surface area contributed by atoms with E-state index in [1.165, 1.54) is 11.0 Å². The molecule has 0 aliphatic rings. The summed E-state index contributed by atoms with van der Waals surface area (Å²) in [7, 11) is 3.79. The van der Waals surface area contributed by atoms with Gasteiger partial charge in [0.2, 0.25) is 5.91 Å². The van der Waals surface area contributed by atoms with Gasteiger partial charge in [0.1, 0.15) is 18.0 Å². The van der Waals surface area contributed by atoms with E-state index in [4.69, 9.17) is 4.74 Å². The number of benzene rings is 1. The van der Waals surface area contributed by atoms with Gasteiger partial charge in [-0.1, -0.05) is 12.1 Å². The van der Waals surface area contributed by atoms with E-state index in [2.05, 4.69) is 0 Å². The molecule has 0 radical (unpaired) electrons. The molecule has 0 aliphatic heterocycles. The highest BCUT2D eigenvalue weighted by Gasteiger charge is 2.22. The standard InChI is InChI=1S/C18H27FN2O3S/c1-18(2,3)24-17(23)12-21(11-10-20(4)5)16(22)13-25-15-9-7-6-8-14(15)19/h6-9H,10-13H2,1-5H3. The van der Waals surface area contributed by atoms with E-state index >= 15 is 0 Å². The molecule has 5 nitrogen and oxygen atoms in total. The van der Waals surface area contributed by atoms with Crippen molar-refractivity contribution in [3.8, 4) is 0 Å². The molecule has 1 rings (SSSR count). The summed E-state index contributed by atoms with van der Waals surface area (Å²) in [4.78, 5) is 28.4. The van der Waals surface area contributed by atoms with E-state index in [9.17, 15) is 14.0 Å². The van der Waals surface area contributed by atoms with Crippen LogP contribution in [0.2, 0.25) is 0 Å². The summed E-state index contributed by atoms with van der Waals surface area (Å²) in [5.74, 6) is -0.958. The molecule has 140 valence electrons. The van der Waals surface area contributed by atoms with E-state index in [-0.39, 0.29) is 24.0 Å². The van der Waals surface area contributed by atoms with Crippen LogP contribution < -0.4 is 0 Å². The summed E-state index contributed by atoms with van der Waals surface area (Å²) in [6.07, 6.45) is 0. The maximum absolute atomic E-state index is 13.7. The fourth-order valence-corrected chi connectivity index (χ4v) is 2.78.